The number of carbonyl (C=O) groups is 1. The molecule has 0 bridgehead atoms. The molecule has 17 heavy (non-hydrogen) atoms. The zero-order valence-electron chi connectivity index (χ0n) is 9.85. The Kier molecular flexibility index (Phi) is 5.95. The van der Waals surface area contributed by atoms with Gasteiger partial charge < -0.3 is 15.2 Å². The average molecular weight is 239 g/mol. The third-order valence-electron chi connectivity index (χ3n) is 1.99. The maximum atomic E-state index is 10.5. The molecule has 1 aromatic heterocycles. The largest absolute Gasteiger partial charge is 0.476 e. The molecule has 1 heterocycles. The van der Waals surface area contributed by atoms with Crippen LogP contribution in [0.4, 0.5) is 5.82 Å². The van der Waals surface area contributed by atoms with Gasteiger partial charge in [-0.05, 0) is 12.8 Å². The minimum Gasteiger partial charge on any atom is -0.476 e. The molecule has 0 atom stereocenters. The van der Waals surface area contributed by atoms with E-state index in [1.54, 1.807) is 0 Å². The standard InChI is InChI=1S/C11H17N3O3/c1-2-5-17-6-3-4-12-10-8-13-9(7-14-10)11(15)16/h7-8H,2-6H2,1H3,(H,12,14)(H,15,16). The summed E-state index contributed by atoms with van der Waals surface area (Å²) in [5.74, 6) is -0.498. The number of aromatic carboxylic acids is 1. The number of ether oxygens (including phenoxy) is 1. The molecule has 1 aromatic rings. The second-order valence-corrected chi connectivity index (χ2v) is 3.48. The fourth-order valence-electron chi connectivity index (χ4n) is 1.17. The molecule has 0 saturated carbocycles. The molecular weight excluding hydrogens is 222 g/mol. The number of hydrogen-bond acceptors (Lipinski definition) is 5. The maximum absolute atomic E-state index is 10.5. The Morgan fingerprint density at radius 2 is 2.24 bits per heavy atom. The van der Waals surface area contributed by atoms with Crippen LogP contribution in [-0.2, 0) is 4.74 Å². The van der Waals surface area contributed by atoms with Crippen molar-refractivity contribution in [1.29, 1.82) is 0 Å². The van der Waals surface area contributed by atoms with E-state index in [-0.39, 0.29) is 5.69 Å². The van der Waals surface area contributed by atoms with Gasteiger partial charge in [0, 0.05) is 19.8 Å². The molecule has 2 N–H and O–H groups in total. The Labute approximate surface area is 100 Å². The van der Waals surface area contributed by atoms with Gasteiger partial charge in [0.25, 0.3) is 0 Å². The van der Waals surface area contributed by atoms with Gasteiger partial charge in [0.2, 0.25) is 0 Å². The highest BCUT2D eigenvalue weighted by atomic mass is 16.5. The molecule has 0 aromatic carbocycles. The van der Waals surface area contributed by atoms with Crippen molar-refractivity contribution in [3.05, 3.63) is 18.1 Å². The Morgan fingerprint density at radius 1 is 1.41 bits per heavy atom. The average Bonchev–Trinajstić information content (AvgIpc) is 2.34. The van der Waals surface area contributed by atoms with E-state index in [9.17, 15) is 4.79 Å². The minimum atomic E-state index is -1.07. The van der Waals surface area contributed by atoms with Crippen LogP contribution in [0.2, 0.25) is 0 Å². The highest BCUT2D eigenvalue weighted by Gasteiger charge is 2.03. The van der Waals surface area contributed by atoms with Crippen LogP contribution in [0.3, 0.4) is 0 Å². The van der Waals surface area contributed by atoms with Gasteiger partial charge in [-0.2, -0.15) is 0 Å². The number of nitrogens with one attached hydrogen (secondary N) is 1. The van der Waals surface area contributed by atoms with Gasteiger partial charge >= 0.3 is 5.97 Å². The number of hydrogen-bond donors (Lipinski definition) is 2. The van der Waals surface area contributed by atoms with Gasteiger partial charge in [-0.25, -0.2) is 14.8 Å². The number of carboxylic acid groups (broad SMARTS) is 1. The summed E-state index contributed by atoms with van der Waals surface area (Å²) < 4.78 is 5.32. The molecular formula is C11H17N3O3. The first-order chi connectivity index (χ1) is 8.24. The zero-order valence-corrected chi connectivity index (χ0v) is 9.85. The van der Waals surface area contributed by atoms with Crippen molar-refractivity contribution in [3.8, 4) is 0 Å². The molecule has 0 unspecified atom stereocenters. The number of nitrogens with zero attached hydrogens (tertiary/aromatic N) is 2. The fraction of sp³-hybridized carbons (Fsp3) is 0.545. The summed E-state index contributed by atoms with van der Waals surface area (Å²) in [6.07, 6.45) is 4.55. The van der Waals surface area contributed by atoms with Gasteiger partial charge in [0.1, 0.15) is 5.82 Å². The minimum absolute atomic E-state index is 0.0539. The lowest BCUT2D eigenvalue weighted by Crippen LogP contribution is -2.08. The van der Waals surface area contributed by atoms with Crippen LogP contribution in [0.15, 0.2) is 12.4 Å². The van der Waals surface area contributed by atoms with Gasteiger partial charge in [-0.1, -0.05) is 6.92 Å². The second-order valence-electron chi connectivity index (χ2n) is 3.48. The zero-order chi connectivity index (χ0) is 12.5. The quantitative estimate of drug-likeness (QED) is 0.667. The van der Waals surface area contributed by atoms with E-state index in [0.717, 1.165) is 26.0 Å². The SMILES string of the molecule is CCCOCCCNc1cnc(C(=O)O)cn1. The summed E-state index contributed by atoms with van der Waals surface area (Å²) in [6, 6.07) is 0. The summed E-state index contributed by atoms with van der Waals surface area (Å²) in [5, 5.41) is 11.7. The Hall–Kier alpha value is -1.69. The van der Waals surface area contributed by atoms with Crippen LogP contribution in [0.5, 0.6) is 0 Å². The van der Waals surface area contributed by atoms with E-state index < -0.39 is 5.97 Å². The highest BCUT2D eigenvalue weighted by molar-refractivity contribution is 5.84. The molecule has 0 aliphatic rings. The smallest absolute Gasteiger partial charge is 0.356 e. The van der Waals surface area contributed by atoms with Crippen LogP contribution in [-0.4, -0.2) is 40.8 Å². The van der Waals surface area contributed by atoms with E-state index in [1.807, 2.05) is 0 Å². The van der Waals surface area contributed by atoms with Crippen molar-refractivity contribution in [2.75, 3.05) is 25.1 Å². The first-order valence-corrected chi connectivity index (χ1v) is 5.61. The summed E-state index contributed by atoms with van der Waals surface area (Å²) in [4.78, 5) is 18.2. The van der Waals surface area contributed by atoms with Gasteiger partial charge in [-0.3, -0.25) is 0 Å². The molecule has 0 spiro atoms. The van der Waals surface area contributed by atoms with Gasteiger partial charge in [0.15, 0.2) is 5.69 Å². The van der Waals surface area contributed by atoms with Crippen LogP contribution >= 0.6 is 0 Å². The molecule has 0 aliphatic heterocycles. The summed E-state index contributed by atoms with van der Waals surface area (Å²) in [5.41, 5.74) is -0.0539. The number of carboxylic acids is 1. The maximum Gasteiger partial charge on any atom is 0.356 e. The third kappa shape index (κ3) is 5.26. The first-order valence-electron chi connectivity index (χ1n) is 5.61. The summed E-state index contributed by atoms with van der Waals surface area (Å²) in [7, 11) is 0. The normalized spacial score (nSPS) is 10.2. The fourth-order valence-corrected chi connectivity index (χ4v) is 1.17. The van der Waals surface area contributed by atoms with Crippen molar-refractivity contribution in [1.82, 2.24) is 9.97 Å². The monoisotopic (exact) mass is 239 g/mol. The van der Waals surface area contributed by atoms with Gasteiger partial charge in [-0.15, -0.1) is 0 Å². The molecule has 0 saturated heterocycles. The molecule has 0 fully saturated rings. The van der Waals surface area contributed by atoms with Crippen molar-refractivity contribution in [3.63, 3.8) is 0 Å². The molecule has 0 aliphatic carbocycles. The molecule has 6 heteroatoms. The number of rotatable bonds is 8. The second kappa shape index (κ2) is 7.56. The van der Waals surface area contributed by atoms with Gasteiger partial charge in [0.05, 0.1) is 12.4 Å². The summed E-state index contributed by atoms with van der Waals surface area (Å²) in [6.45, 7) is 4.29. The van der Waals surface area contributed by atoms with E-state index in [1.165, 1.54) is 12.4 Å². The molecule has 94 valence electrons. The van der Waals surface area contributed by atoms with Crippen LogP contribution in [0.1, 0.15) is 30.3 Å². The Bertz CT molecular complexity index is 340. The highest BCUT2D eigenvalue weighted by Crippen LogP contribution is 2.01. The van der Waals surface area contributed by atoms with Crippen molar-refractivity contribution in [2.45, 2.75) is 19.8 Å². The summed E-state index contributed by atoms with van der Waals surface area (Å²) >= 11 is 0. The molecule has 0 amide bonds. The van der Waals surface area contributed by atoms with Crippen molar-refractivity contribution < 1.29 is 14.6 Å². The predicted molar refractivity (Wildman–Crippen MR) is 63.2 cm³/mol. The molecule has 1 rings (SSSR count). The molecule has 0 radical (unpaired) electrons. The van der Waals surface area contributed by atoms with E-state index in [2.05, 4.69) is 22.2 Å². The Morgan fingerprint density at radius 3 is 2.82 bits per heavy atom. The third-order valence-corrected chi connectivity index (χ3v) is 1.99. The van der Waals surface area contributed by atoms with Crippen molar-refractivity contribution >= 4 is 11.8 Å². The van der Waals surface area contributed by atoms with E-state index in [4.69, 9.17) is 9.84 Å². The Balaban J connectivity index is 2.21. The lowest BCUT2D eigenvalue weighted by Gasteiger charge is -2.05. The molecule has 6 nitrogen and oxygen atoms in total. The van der Waals surface area contributed by atoms with Crippen LogP contribution in [0, 0.1) is 0 Å². The predicted octanol–water partition coefficient (Wildman–Crippen LogP) is 1.40. The lowest BCUT2D eigenvalue weighted by atomic mass is 10.4. The topological polar surface area (TPSA) is 84.3 Å². The van der Waals surface area contributed by atoms with E-state index >= 15 is 0 Å². The lowest BCUT2D eigenvalue weighted by molar-refractivity contribution is 0.0690. The van der Waals surface area contributed by atoms with Crippen LogP contribution in [0.25, 0.3) is 0 Å². The number of anilines is 1. The van der Waals surface area contributed by atoms with Crippen molar-refractivity contribution in [2.24, 2.45) is 0 Å². The first kappa shape index (κ1) is 13.4. The van der Waals surface area contributed by atoms with Crippen LogP contribution < -0.4 is 5.32 Å². The number of aromatic nitrogens is 2. The van der Waals surface area contributed by atoms with E-state index in [0.29, 0.717) is 12.4 Å².